The molecule has 0 aliphatic heterocycles. The van der Waals surface area contributed by atoms with Gasteiger partial charge in [-0.1, -0.05) is 30.3 Å². The van der Waals surface area contributed by atoms with Crippen LogP contribution in [-0.2, 0) is 4.79 Å². The summed E-state index contributed by atoms with van der Waals surface area (Å²) in [6, 6.07) is 11.5. The van der Waals surface area contributed by atoms with Gasteiger partial charge in [-0.25, -0.2) is 0 Å². The monoisotopic (exact) mass is 322 g/mol. The number of benzene rings is 2. The lowest BCUT2D eigenvalue weighted by molar-refractivity contribution is -0.132. The van der Waals surface area contributed by atoms with E-state index in [1.807, 2.05) is 0 Å². The minimum Gasteiger partial charge on any atom is -0.493 e. The molecule has 0 N–H and O–H groups in total. The van der Waals surface area contributed by atoms with Crippen molar-refractivity contribution in [3.63, 3.8) is 0 Å². The summed E-state index contributed by atoms with van der Waals surface area (Å²) in [4.78, 5) is 35.9. The molecule has 0 unspecified atom stereocenters. The van der Waals surface area contributed by atoms with Gasteiger partial charge in [-0.05, 0) is 23.8 Å². The van der Waals surface area contributed by atoms with Crippen LogP contribution in [0.25, 0.3) is 6.08 Å². The van der Waals surface area contributed by atoms with E-state index in [-0.39, 0.29) is 22.9 Å². The van der Waals surface area contributed by atoms with Crippen molar-refractivity contribution in [1.29, 1.82) is 0 Å². The Morgan fingerprint density at radius 1 is 0.958 bits per heavy atom. The zero-order chi connectivity index (χ0) is 17.3. The van der Waals surface area contributed by atoms with E-state index in [1.54, 1.807) is 42.5 Å². The molecule has 0 aromatic heterocycles. The number of rotatable bonds is 3. The third-order valence-corrected chi connectivity index (χ3v) is 3.66. The van der Waals surface area contributed by atoms with E-state index >= 15 is 0 Å². The number of hydrogen-bond acceptors (Lipinski definition) is 5. The van der Waals surface area contributed by atoms with Crippen molar-refractivity contribution in [2.45, 2.75) is 6.92 Å². The Balaban J connectivity index is 1.99. The van der Waals surface area contributed by atoms with Crippen LogP contribution in [0.2, 0.25) is 0 Å². The summed E-state index contributed by atoms with van der Waals surface area (Å²) < 4.78 is 10.2. The predicted octanol–water partition coefficient (Wildman–Crippen LogP) is 3.08. The molecule has 2 aromatic carbocycles. The Kier molecular flexibility index (Phi) is 4.00. The summed E-state index contributed by atoms with van der Waals surface area (Å²) in [5, 5.41) is 0. The Morgan fingerprint density at radius 3 is 2.12 bits per heavy atom. The Morgan fingerprint density at radius 2 is 1.58 bits per heavy atom. The van der Waals surface area contributed by atoms with Gasteiger partial charge in [0.1, 0.15) is 0 Å². The summed E-state index contributed by atoms with van der Waals surface area (Å²) in [7, 11) is 1.45. The van der Waals surface area contributed by atoms with Crippen LogP contribution in [0.3, 0.4) is 0 Å². The molecular weight excluding hydrogens is 308 g/mol. The van der Waals surface area contributed by atoms with Crippen LogP contribution in [-0.4, -0.2) is 24.6 Å². The highest BCUT2D eigenvalue weighted by Crippen LogP contribution is 2.31. The van der Waals surface area contributed by atoms with Crippen LogP contribution in [0.15, 0.2) is 48.0 Å². The molecule has 0 radical (unpaired) electrons. The Bertz CT molecular complexity index is 855. The average Bonchev–Trinajstić information content (AvgIpc) is 2.81. The number of ketones is 2. The van der Waals surface area contributed by atoms with Crippen LogP contribution in [0.5, 0.6) is 11.5 Å². The summed E-state index contributed by atoms with van der Waals surface area (Å²) in [6.45, 7) is 1.29. The number of carbonyl (C=O) groups excluding carboxylic acids is 3. The predicted molar refractivity (Wildman–Crippen MR) is 87.4 cm³/mol. The lowest BCUT2D eigenvalue weighted by Gasteiger charge is -2.08. The van der Waals surface area contributed by atoms with Crippen LogP contribution in [0, 0.1) is 0 Å². The van der Waals surface area contributed by atoms with E-state index in [9.17, 15) is 14.4 Å². The van der Waals surface area contributed by atoms with Crippen molar-refractivity contribution >= 4 is 23.6 Å². The molecule has 0 heterocycles. The Hall–Kier alpha value is -3.21. The molecule has 0 saturated heterocycles. The van der Waals surface area contributed by atoms with Gasteiger partial charge in [-0.15, -0.1) is 0 Å². The maximum Gasteiger partial charge on any atom is 0.308 e. The van der Waals surface area contributed by atoms with Gasteiger partial charge in [-0.3, -0.25) is 14.4 Å². The molecule has 1 aliphatic carbocycles. The summed E-state index contributed by atoms with van der Waals surface area (Å²) in [5.74, 6) is -0.428. The van der Waals surface area contributed by atoms with Gasteiger partial charge < -0.3 is 9.47 Å². The maximum absolute atomic E-state index is 12.4. The molecule has 0 amide bonds. The molecule has 5 heteroatoms. The third kappa shape index (κ3) is 2.72. The zero-order valence-corrected chi connectivity index (χ0v) is 13.2. The van der Waals surface area contributed by atoms with Crippen molar-refractivity contribution in [3.8, 4) is 11.5 Å². The number of fused-ring (bicyclic) bond motifs is 1. The first-order chi connectivity index (χ1) is 11.5. The second-order valence-corrected chi connectivity index (χ2v) is 5.27. The molecular formula is C19H14O5. The number of hydrogen-bond donors (Lipinski definition) is 0. The summed E-state index contributed by atoms with van der Waals surface area (Å²) in [5.41, 5.74) is 1.54. The van der Waals surface area contributed by atoms with Crippen molar-refractivity contribution in [3.05, 3.63) is 64.7 Å². The molecule has 0 atom stereocenters. The van der Waals surface area contributed by atoms with Crippen LogP contribution >= 0.6 is 0 Å². The molecule has 0 spiro atoms. The van der Waals surface area contributed by atoms with E-state index in [4.69, 9.17) is 9.47 Å². The van der Waals surface area contributed by atoms with E-state index in [0.29, 0.717) is 22.4 Å². The quantitative estimate of drug-likeness (QED) is 0.376. The van der Waals surface area contributed by atoms with Gasteiger partial charge in [0.15, 0.2) is 23.1 Å². The fourth-order valence-corrected chi connectivity index (χ4v) is 2.58. The van der Waals surface area contributed by atoms with Crippen molar-refractivity contribution in [1.82, 2.24) is 0 Å². The molecule has 120 valence electrons. The fourth-order valence-electron chi connectivity index (χ4n) is 2.58. The van der Waals surface area contributed by atoms with Gasteiger partial charge >= 0.3 is 5.97 Å². The molecule has 24 heavy (non-hydrogen) atoms. The van der Waals surface area contributed by atoms with Crippen molar-refractivity contribution < 1.29 is 23.9 Å². The largest absolute Gasteiger partial charge is 0.493 e. The van der Waals surface area contributed by atoms with Crippen molar-refractivity contribution in [2.24, 2.45) is 0 Å². The van der Waals surface area contributed by atoms with Gasteiger partial charge in [0.2, 0.25) is 0 Å². The molecule has 0 saturated carbocycles. The van der Waals surface area contributed by atoms with E-state index in [0.717, 1.165) is 0 Å². The third-order valence-electron chi connectivity index (χ3n) is 3.66. The highest BCUT2D eigenvalue weighted by Gasteiger charge is 2.32. The maximum atomic E-state index is 12.4. The number of allylic oxidation sites excluding steroid dienone is 1. The first-order valence-corrected chi connectivity index (χ1v) is 7.28. The van der Waals surface area contributed by atoms with Gasteiger partial charge in [0.05, 0.1) is 12.7 Å². The highest BCUT2D eigenvalue weighted by atomic mass is 16.6. The molecule has 0 fully saturated rings. The van der Waals surface area contributed by atoms with E-state index < -0.39 is 5.97 Å². The minimum atomic E-state index is -0.462. The lowest BCUT2D eigenvalue weighted by Crippen LogP contribution is -2.03. The number of ether oxygens (including phenoxy) is 2. The van der Waals surface area contributed by atoms with Crippen LogP contribution in [0.4, 0.5) is 0 Å². The molecule has 5 nitrogen and oxygen atoms in total. The number of esters is 1. The van der Waals surface area contributed by atoms with Gasteiger partial charge in [-0.2, -0.15) is 0 Å². The smallest absolute Gasteiger partial charge is 0.308 e. The standard InChI is InChI=1S/C19H14O5/c1-11(20)24-16-8-7-12(10-17(16)23-2)9-15-18(21)13-5-3-4-6-14(13)19(15)22/h3-10H,1-2H3. The summed E-state index contributed by atoms with van der Waals surface area (Å²) >= 11 is 0. The Labute approximate surface area is 138 Å². The summed E-state index contributed by atoms with van der Waals surface area (Å²) in [6.07, 6.45) is 1.52. The number of Topliss-reactive ketones (excluding diaryl/α,β-unsaturated/α-hetero) is 2. The fraction of sp³-hybridized carbons (Fsp3) is 0.105. The first kappa shape index (κ1) is 15.7. The van der Waals surface area contributed by atoms with Crippen LogP contribution in [0.1, 0.15) is 33.2 Å². The van der Waals surface area contributed by atoms with Crippen molar-refractivity contribution in [2.75, 3.05) is 7.11 Å². The van der Waals surface area contributed by atoms with Crippen LogP contribution < -0.4 is 9.47 Å². The zero-order valence-electron chi connectivity index (χ0n) is 13.2. The second-order valence-electron chi connectivity index (χ2n) is 5.27. The van der Waals surface area contributed by atoms with Gasteiger partial charge in [0, 0.05) is 18.1 Å². The minimum absolute atomic E-state index is 0.110. The second kappa shape index (κ2) is 6.12. The normalized spacial score (nSPS) is 12.8. The first-order valence-electron chi connectivity index (χ1n) is 7.28. The molecule has 1 aliphatic rings. The molecule has 2 aromatic rings. The average molecular weight is 322 g/mol. The SMILES string of the molecule is COc1cc(C=C2C(=O)c3ccccc3C2=O)ccc1OC(C)=O. The molecule has 0 bridgehead atoms. The molecule has 3 rings (SSSR count). The van der Waals surface area contributed by atoms with E-state index in [1.165, 1.54) is 20.1 Å². The van der Waals surface area contributed by atoms with Gasteiger partial charge in [0.25, 0.3) is 0 Å². The topological polar surface area (TPSA) is 69.7 Å². The number of carbonyl (C=O) groups is 3. The number of methoxy groups -OCH3 is 1. The highest BCUT2D eigenvalue weighted by molar-refractivity contribution is 6.41. The lowest BCUT2D eigenvalue weighted by atomic mass is 10.1. The van der Waals surface area contributed by atoms with E-state index in [2.05, 4.69) is 0 Å².